The molecule has 8 heteroatoms. The van der Waals surface area contributed by atoms with Crippen molar-refractivity contribution in [3.63, 3.8) is 0 Å². The highest BCUT2D eigenvalue weighted by Crippen LogP contribution is 2.29. The maximum atomic E-state index is 5.86. The van der Waals surface area contributed by atoms with Crippen LogP contribution in [0, 0.1) is 0 Å². The second kappa shape index (κ2) is 5.56. The first-order valence-corrected chi connectivity index (χ1v) is 6.92. The minimum atomic E-state index is 0.144. The van der Waals surface area contributed by atoms with Gasteiger partial charge in [0.15, 0.2) is 5.16 Å². The summed E-state index contributed by atoms with van der Waals surface area (Å²) in [4.78, 5) is 20.8. The molecule has 0 unspecified atom stereocenters. The first-order valence-electron chi connectivity index (χ1n) is 5.73. The van der Waals surface area contributed by atoms with Gasteiger partial charge < -0.3 is 5.32 Å². The predicted octanol–water partition coefficient (Wildman–Crippen LogP) is 2.66. The van der Waals surface area contributed by atoms with Crippen LogP contribution in [-0.4, -0.2) is 32.0 Å². The van der Waals surface area contributed by atoms with Crippen molar-refractivity contribution in [2.45, 2.75) is 10.2 Å². The molecule has 0 atom stereocenters. The van der Waals surface area contributed by atoms with Gasteiger partial charge in [-0.1, -0.05) is 18.2 Å². The van der Waals surface area contributed by atoms with E-state index in [1.54, 1.807) is 7.05 Å². The molecule has 3 rings (SSSR count). The summed E-state index contributed by atoms with van der Waals surface area (Å²) in [5.41, 5.74) is 0.874. The van der Waals surface area contributed by atoms with Crippen LogP contribution in [0.5, 0.6) is 0 Å². The molecule has 0 saturated heterocycles. The van der Waals surface area contributed by atoms with E-state index in [0.29, 0.717) is 11.1 Å². The molecule has 1 aromatic carbocycles. The van der Waals surface area contributed by atoms with E-state index in [1.807, 2.05) is 24.3 Å². The molecule has 0 amide bonds. The molecule has 2 aromatic heterocycles. The second-order valence-corrected chi connectivity index (χ2v) is 5.05. The molecule has 100 valence electrons. The fourth-order valence-electron chi connectivity index (χ4n) is 1.64. The first-order chi connectivity index (χ1) is 9.76. The van der Waals surface area contributed by atoms with Crippen LogP contribution in [0.3, 0.4) is 0 Å². The molecule has 0 aliphatic carbocycles. The molecule has 0 aliphatic heterocycles. The molecule has 3 aromatic rings. The zero-order chi connectivity index (χ0) is 13.9. The van der Waals surface area contributed by atoms with E-state index in [-0.39, 0.29) is 5.28 Å². The molecule has 20 heavy (non-hydrogen) atoms. The summed E-state index contributed by atoms with van der Waals surface area (Å²) < 4.78 is 0. The van der Waals surface area contributed by atoms with Gasteiger partial charge in [-0.25, -0.2) is 9.97 Å². The molecule has 6 nitrogen and oxygen atoms in total. The molecule has 0 spiro atoms. The van der Waals surface area contributed by atoms with Crippen LogP contribution in [0.25, 0.3) is 10.9 Å². The van der Waals surface area contributed by atoms with Crippen molar-refractivity contribution in [3.8, 4) is 0 Å². The third-order valence-electron chi connectivity index (χ3n) is 2.51. The number of halogens is 1. The smallest absolute Gasteiger partial charge is 0.228 e. The van der Waals surface area contributed by atoms with E-state index >= 15 is 0 Å². The molecule has 2 heterocycles. The second-order valence-electron chi connectivity index (χ2n) is 3.76. The van der Waals surface area contributed by atoms with Crippen LogP contribution in [0.4, 0.5) is 5.95 Å². The third kappa shape index (κ3) is 2.63. The normalized spacial score (nSPS) is 10.7. The Morgan fingerprint density at radius 1 is 1.10 bits per heavy atom. The Morgan fingerprint density at radius 3 is 2.80 bits per heavy atom. The van der Waals surface area contributed by atoms with Crippen molar-refractivity contribution in [1.29, 1.82) is 0 Å². The topological polar surface area (TPSA) is 76.5 Å². The molecule has 0 aliphatic rings. The fourth-order valence-corrected chi connectivity index (χ4v) is 2.67. The van der Waals surface area contributed by atoms with Crippen LogP contribution >= 0.6 is 23.4 Å². The van der Waals surface area contributed by atoms with Gasteiger partial charge in [-0.15, -0.1) is 0 Å². The lowest BCUT2D eigenvalue weighted by molar-refractivity contribution is 0.905. The highest BCUT2D eigenvalue weighted by Gasteiger charge is 2.10. The van der Waals surface area contributed by atoms with Gasteiger partial charge in [0.25, 0.3) is 0 Å². The van der Waals surface area contributed by atoms with Gasteiger partial charge in [0.05, 0.1) is 5.52 Å². The van der Waals surface area contributed by atoms with Crippen molar-refractivity contribution in [2.75, 3.05) is 12.4 Å². The molecule has 0 bridgehead atoms. The first kappa shape index (κ1) is 13.0. The van der Waals surface area contributed by atoms with Gasteiger partial charge in [0.2, 0.25) is 11.2 Å². The molecular weight excluding hydrogens is 296 g/mol. The number of nitrogens with one attached hydrogen (secondary N) is 1. The summed E-state index contributed by atoms with van der Waals surface area (Å²) in [6, 6.07) is 7.76. The standard InChI is InChI=1S/C12H9ClN6S/c1-14-11-17-10(13)18-12(19-11)20-9-7-4-2-3-5-8(7)15-6-16-9/h2-6H,1H3,(H,14,17,18,19). The van der Waals surface area contributed by atoms with Crippen molar-refractivity contribution in [1.82, 2.24) is 24.9 Å². The number of fused-ring (bicyclic) bond motifs is 1. The van der Waals surface area contributed by atoms with Crippen LogP contribution in [0.15, 0.2) is 40.8 Å². The summed E-state index contributed by atoms with van der Waals surface area (Å²) in [7, 11) is 1.72. The summed E-state index contributed by atoms with van der Waals surface area (Å²) in [5, 5.41) is 5.19. The Kier molecular flexibility index (Phi) is 3.62. The summed E-state index contributed by atoms with van der Waals surface area (Å²) >= 11 is 7.19. The molecule has 0 fully saturated rings. The third-order valence-corrected chi connectivity index (χ3v) is 3.56. The van der Waals surface area contributed by atoms with Gasteiger partial charge in [-0.2, -0.15) is 15.0 Å². The van der Waals surface area contributed by atoms with Gasteiger partial charge in [-0.3, -0.25) is 0 Å². The van der Waals surface area contributed by atoms with E-state index in [0.717, 1.165) is 15.9 Å². The molecular formula is C12H9ClN6S. The Morgan fingerprint density at radius 2 is 1.95 bits per heavy atom. The minimum Gasteiger partial charge on any atom is -0.357 e. The van der Waals surface area contributed by atoms with Crippen molar-refractivity contribution < 1.29 is 0 Å². The molecule has 0 radical (unpaired) electrons. The SMILES string of the molecule is CNc1nc(Cl)nc(Sc2ncnc3ccccc23)n1. The average Bonchev–Trinajstić information content (AvgIpc) is 2.47. The van der Waals surface area contributed by atoms with Gasteiger partial charge in [-0.05, 0) is 29.4 Å². The quantitative estimate of drug-likeness (QED) is 0.745. The lowest BCUT2D eigenvalue weighted by atomic mass is 10.2. The number of rotatable bonds is 3. The minimum absolute atomic E-state index is 0.144. The van der Waals surface area contributed by atoms with E-state index in [1.165, 1.54) is 18.1 Å². The summed E-state index contributed by atoms with van der Waals surface area (Å²) in [6.07, 6.45) is 1.52. The lowest BCUT2D eigenvalue weighted by Gasteiger charge is -2.05. The zero-order valence-corrected chi connectivity index (χ0v) is 12.0. The highest BCUT2D eigenvalue weighted by molar-refractivity contribution is 7.99. The number of hydrogen-bond acceptors (Lipinski definition) is 7. The van der Waals surface area contributed by atoms with Crippen LogP contribution in [0.1, 0.15) is 0 Å². The van der Waals surface area contributed by atoms with Gasteiger partial charge >= 0.3 is 0 Å². The number of hydrogen-bond donors (Lipinski definition) is 1. The molecule has 1 N–H and O–H groups in total. The Hall–Kier alpha value is -1.99. The van der Waals surface area contributed by atoms with Crippen LogP contribution < -0.4 is 5.32 Å². The number of benzene rings is 1. The predicted molar refractivity (Wildman–Crippen MR) is 78.0 cm³/mol. The monoisotopic (exact) mass is 304 g/mol. The number of aromatic nitrogens is 5. The van der Waals surface area contributed by atoms with Crippen LogP contribution in [0.2, 0.25) is 5.28 Å². The maximum absolute atomic E-state index is 5.86. The van der Waals surface area contributed by atoms with Crippen molar-refractivity contribution in [3.05, 3.63) is 35.9 Å². The molecule has 0 saturated carbocycles. The lowest BCUT2D eigenvalue weighted by Crippen LogP contribution is -2.00. The Bertz CT molecular complexity index is 761. The van der Waals surface area contributed by atoms with E-state index in [4.69, 9.17) is 11.6 Å². The summed E-state index contributed by atoms with van der Waals surface area (Å²) in [5.74, 6) is 0.422. The van der Waals surface area contributed by atoms with E-state index in [2.05, 4.69) is 30.2 Å². The zero-order valence-electron chi connectivity index (χ0n) is 10.4. The van der Waals surface area contributed by atoms with Gasteiger partial charge in [0, 0.05) is 12.4 Å². The highest BCUT2D eigenvalue weighted by atomic mass is 35.5. The van der Waals surface area contributed by atoms with Gasteiger partial charge in [0.1, 0.15) is 11.4 Å². The maximum Gasteiger partial charge on any atom is 0.228 e. The van der Waals surface area contributed by atoms with E-state index < -0.39 is 0 Å². The number of para-hydroxylation sites is 1. The fraction of sp³-hybridized carbons (Fsp3) is 0.0833. The van der Waals surface area contributed by atoms with Crippen LogP contribution in [-0.2, 0) is 0 Å². The van der Waals surface area contributed by atoms with Crippen molar-refractivity contribution in [2.24, 2.45) is 0 Å². The number of anilines is 1. The largest absolute Gasteiger partial charge is 0.357 e. The van der Waals surface area contributed by atoms with Crippen molar-refractivity contribution >= 4 is 40.2 Å². The Labute approximate surface area is 124 Å². The Balaban J connectivity index is 2.03. The summed E-state index contributed by atoms with van der Waals surface area (Å²) in [6.45, 7) is 0. The van der Waals surface area contributed by atoms with E-state index in [9.17, 15) is 0 Å². The number of nitrogens with zero attached hydrogens (tertiary/aromatic N) is 5. The average molecular weight is 305 g/mol.